The summed E-state index contributed by atoms with van der Waals surface area (Å²) in [4.78, 5) is 1.13. The number of aryl methyl sites for hydroxylation is 1. The van der Waals surface area contributed by atoms with Crippen LogP contribution in [-0.4, -0.2) is 52.7 Å². The molecular weight excluding hydrogens is 346 g/mol. The fourth-order valence-corrected chi connectivity index (χ4v) is 3.07. The second-order valence-electron chi connectivity index (χ2n) is 6.56. The van der Waals surface area contributed by atoms with E-state index >= 15 is 0 Å². The Labute approximate surface area is 161 Å². The molecule has 2 aromatic carbocycles. The van der Waals surface area contributed by atoms with Gasteiger partial charge in [0.2, 0.25) is 5.75 Å². The quantitative estimate of drug-likeness (QED) is 0.658. The fraction of sp³-hybridized carbons (Fsp3) is 0.429. The van der Waals surface area contributed by atoms with Crippen LogP contribution in [-0.2, 0) is 6.54 Å². The van der Waals surface area contributed by atoms with Gasteiger partial charge in [0.05, 0.1) is 33.9 Å². The zero-order valence-corrected chi connectivity index (χ0v) is 16.7. The first-order valence-electron chi connectivity index (χ1n) is 8.95. The van der Waals surface area contributed by atoms with Crippen molar-refractivity contribution in [3.8, 4) is 23.0 Å². The number of benzene rings is 2. The van der Waals surface area contributed by atoms with Crippen molar-refractivity contribution in [1.82, 2.24) is 0 Å². The largest absolute Gasteiger partial charge is 0.493 e. The number of nitrogens with one attached hydrogen (secondary N) is 1. The van der Waals surface area contributed by atoms with Gasteiger partial charge in [0.25, 0.3) is 0 Å². The molecule has 2 N–H and O–H groups in total. The van der Waals surface area contributed by atoms with E-state index in [2.05, 4.69) is 0 Å². The Morgan fingerprint density at radius 2 is 1.63 bits per heavy atom. The maximum Gasteiger partial charge on any atom is 0.203 e. The van der Waals surface area contributed by atoms with Gasteiger partial charge in [-0.05, 0) is 30.7 Å². The third-order valence-electron chi connectivity index (χ3n) is 4.39. The van der Waals surface area contributed by atoms with Gasteiger partial charge < -0.3 is 29.0 Å². The second-order valence-corrected chi connectivity index (χ2v) is 6.56. The highest BCUT2D eigenvalue weighted by Crippen LogP contribution is 2.39. The van der Waals surface area contributed by atoms with Gasteiger partial charge in [0.15, 0.2) is 11.5 Å². The monoisotopic (exact) mass is 376 g/mol. The Balaban J connectivity index is 1.96. The van der Waals surface area contributed by atoms with E-state index in [9.17, 15) is 5.11 Å². The number of rotatable bonds is 10. The van der Waals surface area contributed by atoms with E-state index < -0.39 is 6.10 Å². The number of methoxy groups -OCH3 is 3. The van der Waals surface area contributed by atoms with E-state index in [0.29, 0.717) is 30.3 Å². The van der Waals surface area contributed by atoms with Crippen molar-refractivity contribution in [2.45, 2.75) is 19.6 Å². The Morgan fingerprint density at radius 1 is 0.926 bits per heavy atom. The highest BCUT2D eigenvalue weighted by atomic mass is 16.5. The third kappa shape index (κ3) is 5.52. The standard InChI is InChI=1S/C21H29NO5/c1-15-8-6-7-9-18(15)27-14-17(23)13-22(2)12-16-10-11-19(24-3)21(26-5)20(16)25-4/h6-11,17,23H,12-14H2,1-5H3/p+1/t17-/m1/s1. The van der Waals surface area contributed by atoms with Gasteiger partial charge in [0, 0.05) is 0 Å². The summed E-state index contributed by atoms with van der Waals surface area (Å²) in [5.74, 6) is 2.66. The summed E-state index contributed by atoms with van der Waals surface area (Å²) in [5, 5.41) is 10.3. The second kappa shape index (κ2) is 10.0. The maximum atomic E-state index is 10.3. The van der Waals surface area contributed by atoms with Crippen molar-refractivity contribution < 1.29 is 29.0 Å². The minimum atomic E-state index is -0.573. The molecule has 2 atom stereocenters. The highest BCUT2D eigenvalue weighted by molar-refractivity contribution is 5.55. The molecule has 27 heavy (non-hydrogen) atoms. The number of aliphatic hydroxyl groups excluding tert-OH is 1. The molecule has 0 amide bonds. The molecule has 0 aliphatic carbocycles. The molecule has 0 spiro atoms. The van der Waals surface area contributed by atoms with Crippen molar-refractivity contribution in [3.63, 3.8) is 0 Å². The first kappa shape index (κ1) is 20.9. The average molecular weight is 376 g/mol. The summed E-state index contributed by atoms with van der Waals surface area (Å²) in [7, 11) is 6.82. The average Bonchev–Trinajstić information content (AvgIpc) is 2.66. The van der Waals surface area contributed by atoms with Gasteiger partial charge in [-0.1, -0.05) is 18.2 Å². The van der Waals surface area contributed by atoms with Crippen LogP contribution in [0.2, 0.25) is 0 Å². The summed E-state index contributed by atoms with van der Waals surface area (Å²) in [6.07, 6.45) is -0.573. The maximum absolute atomic E-state index is 10.3. The van der Waals surface area contributed by atoms with Crippen molar-refractivity contribution in [3.05, 3.63) is 47.5 Å². The minimum absolute atomic E-state index is 0.255. The predicted octanol–water partition coefficient (Wildman–Crippen LogP) is 1.48. The number of quaternary nitrogens is 1. The molecule has 0 aromatic heterocycles. The molecule has 0 aliphatic rings. The van der Waals surface area contributed by atoms with E-state index in [1.807, 2.05) is 50.4 Å². The first-order chi connectivity index (χ1) is 13.0. The lowest BCUT2D eigenvalue weighted by Gasteiger charge is -2.21. The Hall–Kier alpha value is -2.44. The molecule has 0 aliphatic heterocycles. The van der Waals surface area contributed by atoms with Crippen LogP contribution < -0.4 is 23.8 Å². The molecule has 148 valence electrons. The third-order valence-corrected chi connectivity index (χ3v) is 4.39. The van der Waals surface area contributed by atoms with E-state index in [1.54, 1.807) is 21.3 Å². The minimum Gasteiger partial charge on any atom is -0.493 e. The molecule has 1 unspecified atom stereocenters. The molecule has 2 aromatic rings. The highest BCUT2D eigenvalue weighted by Gasteiger charge is 2.20. The molecule has 6 heteroatoms. The predicted molar refractivity (Wildman–Crippen MR) is 104 cm³/mol. The summed E-state index contributed by atoms with van der Waals surface area (Å²) >= 11 is 0. The Bertz CT molecular complexity index is 735. The van der Waals surface area contributed by atoms with Crippen LogP contribution in [0.1, 0.15) is 11.1 Å². The zero-order chi connectivity index (χ0) is 19.8. The fourth-order valence-electron chi connectivity index (χ4n) is 3.07. The summed E-state index contributed by atoms with van der Waals surface area (Å²) < 4.78 is 22.0. The Kier molecular flexibility index (Phi) is 7.76. The molecule has 0 saturated heterocycles. The zero-order valence-electron chi connectivity index (χ0n) is 16.7. The molecule has 0 fully saturated rings. The van der Waals surface area contributed by atoms with Gasteiger partial charge in [-0.25, -0.2) is 0 Å². The number of hydrogen-bond donors (Lipinski definition) is 2. The molecular formula is C21H30NO5+. The van der Waals surface area contributed by atoms with Gasteiger partial charge >= 0.3 is 0 Å². The molecule has 0 radical (unpaired) electrons. The number of likely N-dealkylation sites (N-methyl/N-ethyl adjacent to an activating group) is 1. The summed E-state index contributed by atoms with van der Waals surface area (Å²) in [6.45, 7) is 3.46. The summed E-state index contributed by atoms with van der Waals surface area (Å²) in [5.41, 5.74) is 2.04. The van der Waals surface area contributed by atoms with Crippen molar-refractivity contribution >= 4 is 0 Å². The number of ether oxygens (including phenoxy) is 4. The topological polar surface area (TPSA) is 61.6 Å². The van der Waals surface area contributed by atoms with Crippen LogP contribution in [0.25, 0.3) is 0 Å². The van der Waals surface area contributed by atoms with Crippen LogP contribution in [0.3, 0.4) is 0 Å². The van der Waals surface area contributed by atoms with E-state index in [-0.39, 0.29) is 6.61 Å². The summed E-state index contributed by atoms with van der Waals surface area (Å²) in [6, 6.07) is 11.6. The lowest BCUT2D eigenvalue weighted by molar-refractivity contribution is -0.897. The van der Waals surface area contributed by atoms with Gasteiger partial charge in [-0.3, -0.25) is 0 Å². The lowest BCUT2D eigenvalue weighted by Crippen LogP contribution is -3.09. The number of para-hydroxylation sites is 1. The smallest absolute Gasteiger partial charge is 0.203 e. The van der Waals surface area contributed by atoms with Crippen LogP contribution >= 0.6 is 0 Å². The van der Waals surface area contributed by atoms with Crippen molar-refractivity contribution in [2.24, 2.45) is 0 Å². The van der Waals surface area contributed by atoms with E-state index in [4.69, 9.17) is 18.9 Å². The molecule has 0 bridgehead atoms. The molecule has 0 heterocycles. The van der Waals surface area contributed by atoms with Crippen LogP contribution in [0, 0.1) is 6.92 Å². The molecule has 6 nitrogen and oxygen atoms in total. The Morgan fingerprint density at radius 3 is 2.26 bits per heavy atom. The van der Waals surface area contributed by atoms with Crippen LogP contribution in [0.15, 0.2) is 36.4 Å². The molecule has 0 saturated carbocycles. The van der Waals surface area contributed by atoms with Gasteiger partial charge in [-0.2, -0.15) is 0 Å². The normalized spacial score (nSPS) is 13.0. The van der Waals surface area contributed by atoms with E-state index in [1.165, 1.54) is 0 Å². The number of aliphatic hydroxyl groups is 1. The lowest BCUT2D eigenvalue weighted by atomic mass is 10.1. The SMILES string of the molecule is COc1ccc(C[NH+](C)C[C@@H](O)COc2ccccc2C)c(OC)c1OC. The van der Waals surface area contributed by atoms with Crippen molar-refractivity contribution in [1.29, 1.82) is 0 Å². The molecule has 2 rings (SSSR count). The van der Waals surface area contributed by atoms with Gasteiger partial charge in [-0.15, -0.1) is 0 Å². The van der Waals surface area contributed by atoms with Crippen LogP contribution in [0.4, 0.5) is 0 Å². The first-order valence-corrected chi connectivity index (χ1v) is 8.95. The number of hydrogen-bond acceptors (Lipinski definition) is 5. The van der Waals surface area contributed by atoms with Gasteiger partial charge in [0.1, 0.15) is 31.5 Å². The van der Waals surface area contributed by atoms with Crippen molar-refractivity contribution in [2.75, 3.05) is 41.5 Å². The van der Waals surface area contributed by atoms with E-state index in [0.717, 1.165) is 21.8 Å². The van der Waals surface area contributed by atoms with Crippen LogP contribution in [0.5, 0.6) is 23.0 Å².